The number of carbonyl (C=O) groups is 1. The Kier molecular flexibility index (Phi) is 10.0. The number of halogens is 3. The molecule has 198 valence electrons. The molecule has 0 fully saturated rings. The fraction of sp³-hybridized carbons (Fsp3) is 0.250. The number of rotatable bonds is 11. The van der Waals surface area contributed by atoms with Gasteiger partial charge in [-0.2, -0.15) is 0 Å². The Labute approximate surface area is 236 Å². The summed E-state index contributed by atoms with van der Waals surface area (Å²) < 4.78 is 15.2. The molecule has 0 saturated heterocycles. The van der Waals surface area contributed by atoms with Crippen LogP contribution in [0.5, 0.6) is 0 Å². The summed E-state index contributed by atoms with van der Waals surface area (Å²) in [5, 5.41) is 16.5. The first-order chi connectivity index (χ1) is 18.4. The van der Waals surface area contributed by atoms with Gasteiger partial charge in [-0.1, -0.05) is 90.8 Å². The third kappa shape index (κ3) is 7.49. The van der Waals surface area contributed by atoms with Gasteiger partial charge in [-0.05, 0) is 47.9 Å². The Morgan fingerprint density at radius 1 is 1.03 bits per heavy atom. The zero-order chi connectivity index (χ0) is 26.9. The lowest BCUT2D eigenvalue weighted by Gasteiger charge is -2.21. The monoisotopic (exact) mass is 571 g/mol. The lowest BCUT2D eigenvalue weighted by molar-refractivity contribution is 0.236. The Hall–Kier alpha value is -3.07. The van der Waals surface area contributed by atoms with Crippen molar-refractivity contribution >= 4 is 41.0 Å². The standard InChI is InChI=1S/C28H28Cl2FN5OS/c1-2-3-15-32-27(37)33-24(16-19-7-5-4-6-8-19)26-34-35-28(38-18-20-9-12-22(31)13-10-20)36(26)25-14-11-21(29)17-23(25)30/h4-14,17,24H,2-3,15-16,18H2,1H3,(H2,32,33,37). The average Bonchev–Trinajstić information content (AvgIpc) is 3.32. The van der Waals surface area contributed by atoms with Crippen molar-refractivity contribution in [3.8, 4) is 5.69 Å². The van der Waals surface area contributed by atoms with Crippen LogP contribution in [-0.4, -0.2) is 27.3 Å². The zero-order valence-corrected chi connectivity index (χ0v) is 23.2. The highest BCUT2D eigenvalue weighted by molar-refractivity contribution is 7.98. The summed E-state index contributed by atoms with van der Waals surface area (Å²) in [7, 11) is 0. The van der Waals surface area contributed by atoms with Crippen LogP contribution in [0.4, 0.5) is 9.18 Å². The maximum absolute atomic E-state index is 13.4. The molecule has 0 aliphatic rings. The van der Waals surface area contributed by atoms with Crippen LogP contribution < -0.4 is 10.6 Å². The molecule has 38 heavy (non-hydrogen) atoms. The second-order valence-electron chi connectivity index (χ2n) is 8.68. The minimum absolute atomic E-state index is 0.281. The molecule has 1 atom stereocenters. The summed E-state index contributed by atoms with van der Waals surface area (Å²) in [6.07, 6.45) is 2.36. The van der Waals surface area contributed by atoms with Crippen LogP contribution in [-0.2, 0) is 12.2 Å². The van der Waals surface area contributed by atoms with Crippen LogP contribution in [0.2, 0.25) is 10.0 Å². The molecule has 4 aromatic rings. The van der Waals surface area contributed by atoms with E-state index in [1.807, 2.05) is 34.9 Å². The highest BCUT2D eigenvalue weighted by atomic mass is 35.5. The van der Waals surface area contributed by atoms with Gasteiger partial charge in [0.15, 0.2) is 11.0 Å². The number of aromatic nitrogens is 3. The normalized spacial score (nSPS) is 11.8. The van der Waals surface area contributed by atoms with E-state index in [2.05, 4.69) is 27.8 Å². The molecule has 0 radical (unpaired) electrons. The summed E-state index contributed by atoms with van der Waals surface area (Å²) >= 11 is 14.3. The molecule has 0 aliphatic carbocycles. The number of carbonyl (C=O) groups excluding carboxylic acids is 1. The quantitative estimate of drug-likeness (QED) is 0.145. The molecule has 2 amide bonds. The van der Waals surface area contributed by atoms with Gasteiger partial charge in [0.25, 0.3) is 0 Å². The predicted molar refractivity (Wildman–Crippen MR) is 152 cm³/mol. The molecule has 6 nitrogen and oxygen atoms in total. The van der Waals surface area contributed by atoms with Gasteiger partial charge in [0.2, 0.25) is 0 Å². The van der Waals surface area contributed by atoms with Crippen molar-refractivity contribution in [3.63, 3.8) is 0 Å². The number of urea groups is 1. The third-order valence-electron chi connectivity index (χ3n) is 5.81. The van der Waals surface area contributed by atoms with Gasteiger partial charge >= 0.3 is 6.03 Å². The van der Waals surface area contributed by atoms with E-state index in [1.54, 1.807) is 30.3 Å². The minimum Gasteiger partial charge on any atom is -0.338 e. The molecule has 0 bridgehead atoms. The number of hydrogen-bond acceptors (Lipinski definition) is 4. The highest BCUT2D eigenvalue weighted by Crippen LogP contribution is 2.33. The molecular formula is C28H28Cl2FN5OS. The van der Waals surface area contributed by atoms with Crippen LogP contribution in [0.25, 0.3) is 5.69 Å². The van der Waals surface area contributed by atoms with E-state index in [1.165, 1.54) is 23.9 Å². The van der Waals surface area contributed by atoms with Crippen LogP contribution in [0, 0.1) is 5.82 Å². The lowest BCUT2D eigenvalue weighted by Crippen LogP contribution is -2.40. The number of nitrogens with one attached hydrogen (secondary N) is 2. The maximum Gasteiger partial charge on any atom is 0.315 e. The van der Waals surface area contributed by atoms with Crippen LogP contribution in [0.1, 0.15) is 42.8 Å². The molecule has 0 aliphatic heterocycles. The smallest absolute Gasteiger partial charge is 0.315 e. The summed E-state index contributed by atoms with van der Waals surface area (Å²) in [4.78, 5) is 12.8. The molecule has 1 heterocycles. The highest BCUT2D eigenvalue weighted by Gasteiger charge is 2.26. The minimum atomic E-state index is -0.501. The number of unbranched alkanes of at least 4 members (excludes halogenated alkanes) is 1. The fourth-order valence-corrected chi connectivity index (χ4v) is 5.26. The van der Waals surface area contributed by atoms with Crippen molar-refractivity contribution in [1.29, 1.82) is 0 Å². The van der Waals surface area contributed by atoms with Gasteiger partial charge in [0.1, 0.15) is 5.82 Å². The average molecular weight is 573 g/mol. The van der Waals surface area contributed by atoms with Gasteiger partial charge in [-0.3, -0.25) is 4.57 Å². The first-order valence-corrected chi connectivity index (χ1v) is 14.0. The van der Waals surface area contributed by atoms with E-state index >= 15 is 0 Å². The van der Waals surface area contributed by atoms with Gasteiger partial charge in [0.05, 0.1) is 16.8 Å². The van der Waals surface area contributed by atoms with E-state index in [-0.39, 0.29) is 11.8 Å². The number of benzene rings is 3. The van der Waals surface area contributed by atoms with E-state index in [0.29, 0.717) is 45.4 Å². The van der Waals surface area contributed by atoms with Gasteiger partial charge in [0, 0.05) is 23.7 Å². The van der Waals surface area contributed by atoms with Crippen molar-refractivity contribution in [1.82, 2.24) is 25.4 Å². The van der Waals surface area contributed by atoms with Crippen molar-refractivity contribution in [2.24, 2.45) is 0 Å². The second-order valence-corrected chi connectivity index (χ2v) is 10.5. The van der Waals surface area contributed by atoms with Crippen molar-refractivity contribution in [2.75, 3.05) is 6.54 Å². The Balaban J connectivity index is 1.72. The van der Waals surface area contributed by atoms with Crippen LogP contribution in [0.15, 0.2) is 78.0 Å². The Morgan fingerprint density at radius 3 is 2.50 bits per heavy atom. The van der Waals surface area contributed by atoms with Crippen molar-refractivity contribution in [3.05, 3.63) is 106 Å². The van der Waals surface area contributed by atoms with Gasteiger partial charge in [-0.15, -0.1) is 10.2 Å². The number of hydrogen-bond donors (Lipinski definition) is 2. The van der Waals surface area contributed by atoms with E-state index in [9.17, 15) is 9.18 Å². The molecule has 3 aromatic carbocycles. The topological polar surface area (TPSA) is 71.8 Å². The zero-order valence-electron chi connectivity index (χ0n) is 20.8. The lowest BCUT2D eigenvalue weighted by atomic mass is 10.1. The largest absolute Gasteiger partial charge is 0.338 e. The predicted octanol–water partition coefficient (Wildman–Crippen LogP) is 7.39. The summed E-state index contributed by atoms with van der Waals surface area (Å²) in [5.41, 5.74) is 2.61. The molecule has 0 spiro atoms. The molecule has 1 aromatic heterocycles. The number of nitrogens with zero attached hydrogens (tertiary/aromatic N) is 3. The molecule has 0 saturated carbocycles. The first-order valence-electron chi connectivity index (χ1n) is 12.3. The first kappa shape index (κ1) is 28.0. The molecule has 1 unspecified atom stereocenters. The van der Waals surface area contributed by atoms with Crippen LogP contribution in [0.3, 0.4) is 0 Å². The molecule has 4 rings (SSSR count). The summed E-state index contributed by atoms with van der Waals surface area (Å²) in [6.45, 7) is 2.65. The van der Waals surface area contributed by atoms with Gasteiger partial charge in [-0.25, -0.2) is 9.18 Å². The third-order valence-corrected chi connectivity index (χ3v) is 7.34. The van der Waals surface area contributed by atoms with Gasteiger partial charge < -0.3 is 10.6 Å². The van der Waals surface area contributed by atoms with E-state index < -0.39 is 6.04 Å². The maximum atomic E-state index is 13.4. The molecule has 2 N–H and O–H groups in total. The summed E-state index contributed by atoms with van der Waals surface area (Å²) in [5.74, 6) is 0.785. The molecule has 10 heteroatoms. The van der Waals surface area contributed by atoms with E-state index in [4.69, 9.17) is 23.2 Å². The number of amides is 2. The second kappa shape index (κ2) is 13.6. The van der Waals surface area contributed by atoms with Crippen LogP contribution >= 0.6 is 35.0 Å². The van der Waals surface area contributed by atoms with Crippen molar-refractivity contribution in [2.45, 2.75) is 43.1 Å². The Morgan fingerprint density at radius 2 is 1.79 bits per heavy atom. The summed E-state index contributed by atoms with van der Waals surface area (Å²) in [6, 6.07) is 20.6. The van der Waals surface area contributed by atoms with Crippen molar-refractivity contribution < 1.29 is 9.18 Å². The molecular weight excluding hydrogens is 544 g/mol. The number of thioether (sulfide) groups is 1. The fourth-order valence-electron chi connectivity index (χ4n) is 3.86. The van der Waals surface area contributed by atoms with E-state index in [0.717, 1.165) is 24.0 Å². The SMILES string of the molecule is CCCCNC(=O)NC(Cc1ccccc1)c1nnc(SCc2ccc(F)cc2)n1-c1ccc(Cl)cc1Cl. The Bertz CT molecular complexity index is 1350.